The zero-order valence-corrected chi connectivity index (χ0v) is 15.0. The smallest absolute Gasteiger partial charge is 0.277 e. The average molecular weight is 350 g/mol. The van der Waals surface area contributed by atoms with Crippen molar-refractivity contribution < 1.29 is 14.3 Å². The van der Waals surface area contributed by atoms with Crippen LogP contribution in [0.1, 0.15) is 11.1 Å². The van der Waals surface area contributed by atoms with Crippen molar-refractivity contribution in [2.45, 2.75) is 6.54 Å². The van der Waals surface area contributed by atoms with Gasteiger partial charge in [-0.2, -0.15) is 0 Å². The van der Waals surface area contributed by atoms with Crippen LogP contribution in [0.5, 0.6) is 0 Å². The molecule has 0 N–H and O–H groups in total. The minimum Gasteiger partial charge on any atom is -0.383 e. The molecule has 2 aromatic carbocycles. The number of carbonyl (C=O) groups is 2. The van der Waals surface area contributed by atoms with Crippen LogP contribution in [0.2, 0.25) is 0 Å². The van der Waals surface area contributed by atoms with Crippen molar-refractivity contribution in [2.24, 2.45) is 0 Å². The molecule has 134 valence electrons. The number of ether oxygens (including phenoxy) is 1. The third-order valence-corrected chi connectivity index (χ3v) is 4.37. The average Bonchev–Trinajstić information content (AvgIpc) is 2.92. The zero-order valence-electron chi connectivity index (χ0n) is 15.0. The summed E-state index contributed by atoms with van der Waals surface area (Å²) in [5, 5.41) is 0. The van der Waals surface area contributed by atoms with Gasteiger partial charge in [0.05, 0.1) is 18.7 Å². The molecule has 0 saturated carbocycles. The van der Waals surface area contributed by atoms with Gasteiger partial charge in [-0.25, -0.2) is 0 Å². The molecule has 26 heavy (non-hydrogen) atoms. The molecule has 0 bridgehead atoms. The highest BCUT2D eigenvalue weighted by atomic mass is 16.5. The van der Waals surface area contributed by atoms with E-state index in [9.17, 15) is 9.59 Å². The number of likely N-dealkylation sites (N-methyl/N-ethyl adjacent to an activating group) is 1. The Morgan fingerprint density at radius 3 is 2.15 bits per heavy atom. The molecule has 1 aliphatic heterocycles. The van der Waals surface area contributed by atoms with Crippen molar-refractivity contribution in [2.75, 3.05) is 27.3 Å². The molecule has 2 amide bonds. The molecule has 0 radical (unpaired) electrons. The van der Waals surface area contributed by atoms with Crippen molar-refractivity contribution in [1.29, 1.82) is 0 Å². The molecule has 1 heterocycles. The topological polar surface area (TPSA) is 49.9 Å². The maximum absolute atomic E-state index is 13.0. The van der Waals surface area contributed by atoms with Crippen molar-refractivity contribution >= 4 is 17.4 Å². The van der Waals surface area contributed by atoms with E-state index in [-0.39, 0.29) is 18.4 Å². The number of nitrogens with zero attached hydrogens (tertiary/aromatic N) is 2. The third-order valence-electron chi connectivity index (χ3n) is 4.37. The van der Waals surface area contributed by atoms with Gasteiger partial charge in [0, 0.05) is 20.7 Å². The molecule has 1 aliphatic rings. The second kappa shape index (κ2) is 7.97. The molecule has 0 unspecified atom stereocenters. The summed E-state index contributed by atoms with van der Waals surface area (Å²) < 4.78 is 5.05. The maximum Gasteiger partial charge on any atom is 0.277 e. The van der Waals surface area contributed by atoms with Crippen LogP contribution in [0.15, 0.2) is 66.4 Å². The number of rotatable bonds is 7. The van der Waals surface area contributed by atoms with Gasteiger partial charge in [0.15, 0.2) is 0 Å². The standard InChI is InChI=1S/C21H22N2O3/c1-22(15-16-9-5-3-6-10-16)19-18(17-11-7-4-8-12-17)20(24)23(21(19)25)13-14-26-2/h3-12H,13-15H2,1-2H3. The van der Waals surface area contributed by atoms with Crippen LogP contribution in [-0.2, 0) is 20.9 Å². The lowest BCUT2D eigenvalue weighted by Crippen LogP contribution is -2.36. The van der Waals surface area contributed by atoms with E-state index in [0.717, 1.165) is 11.1 Å². The Bertz CT molecular complexity index is 816. The van der Waals surface area contributed by atoms with Gasteiger partial charge in [0.1, 0.15) is 5.70 Å². The van der Waals surface area contributed by atoms with Gasteiger partial charge in [0.25, 0.3) is 11.8 Å². The normalized spacial score (nSPS) is 14.3. The summed E-state index contributed by atoms with van der Waals surface area (Å²) in [5.41, 5.74) is 2.71. The van der Waals surface area contributed by atoms with E-state index in [1.54, 1.807) is 7.11 Å². The van der Waals surface area contributed by atoms with Gasteiger partial charge in [-0.1, -0.05) is 60.7 Å². The molecule has 5 nitrogen and oxygen atoms in total. The van der Waals surface area contributed by atoms with Crippen molar-refractivity contribution in [3.05, 3.63) is 77.5 Å². The molecular formula is C21H22N2O3. The largest absolute Gasteiger partial charge is 0.383 e. The number of benzene rings is 2. The summed E-state index contributed by atoms with van der Waals surface area (Å²) in [6.45, 7) is 1.10. The Morgan fingerprint density at radius 1 is 0.923 bits per heavy atom. The monoisotopic (exact) mass is 350 g/mol. The lowest BCUT2D eigenvalue weighted by Gasteiger charge is -2.21. The van der Waals surface area contributed by atoms with E-state index < -0.39 is 0 Å². The predicted molar refractivity (Wildman–Crippen MR) is 99.9 cm³/mol. The van der Waals surface area contributed by atoms with E-state index in [1.807, 2.05) is 72.6 Å². The van der Waals surface area contributed by atoms with E-state index in [4.69, 9.17) is 4.74 Å². The second-order valence-electron chi connectivity index (χ2n) is 6.19. The van der Waals surface area contributed by atoms with Gasteiger partial charge < -0.3 is 9.64 Å². The Morgan fingerprint density at radius 2 is 1.54 bits per heavy atom. The van der Waals surface area contributed by atoms with E-state index in [0.29, 0.717) is 24.4 Å². The number of amides is 2. The van der Waals surface area contributed by atoms with Crippen LogP contribution in [0.4, 0.5) is 0 Å². The fourth-order valence-electron chi connectivity index (χ4n) is 3.10. The first kappa shape index (κ1) is 17.9. The summed E-state index contributed by atoms with van der Waals surface area (Å²) in [6, 6.07) is 19.2. The molecule has 0 fully saturated rings. The quantitative estimate of drug-likeness (QED) is 0.720. The van der Waals surface area contributed by atoms with Gasteiger partial charge in [-0.3, -0.25) is 14.5 Å². The zero-order chi connectivity index (χ0) is 18.5. The first-order valence-corrected chi connectivity index (χ1v) is 8.53. The number of hydrogen-bond donors (Lipinski definition) is 0. The van der Waals surface area contributed by atoms with Crippen molar-refractivity contribution in [1.82, 2.24) is 9.80 Å². The Balaban J connectivity index is 1.99. The van der Waals surface area contributed by atoms with Crippen LogP contribution in [-0.4, -0.2) is 48.9 Å². The Hall–Kier alpha value is -2.92. The minimum atomic E-state index is -0.274. The van der Waals surface area contributed by atoms with Gasteiger partial charge in [-0.05, 0) is 11.1 Å². The highest BCUT2D eigenvalue weighted by molar-refractivity contribution is 6.35. The highest BCUT2D eigenvalue weighted by Crippen LogP contribution is 2.31. The minimum absolute atomic E-state index is 0.243. The molecule has 0 aliphatic carbocycles. The number of carbonyl (C=O) groups excluding carboxylic acids is 2. The molecule has 0 spiro atoms. The van der Waals surface area contributed by atoms with Crippen LogP contribution >= 0.6 is 0 Å². The second-order valence-corrected chi connectivity index (χ2v) is 6.19. The summed E-state index contributed by atoms with van der Waals surface area (Å²) in [7, 11) is 3.40. The molecule has 3 rings (SSSR count). The molecule has 2 aromatic rings. The van der Waals surface area contributed by atoms with Crippen LogP contribution in [0.3, 0.4) is 0 Å². The molecule has 5 heteroatoms. The maximum atomic E-state index is 13.0. The van der Waals surface area contributed by atoms with Crippen molar-refractivity contribution in [3.8, 4) is 0 Å². The predicted octanol–water partition coefficient (Wildman–Crippen LogP) is 2.54. The number of hydrogen-bond acceptors (Lipinski definition) is 4. The first-order valence-electron chi connectivity index (χ1n) is 8.53. The molecule has 0 atom stereocenters. The Kier molecular flexibility index (Phi) is 5.49. The fraction of sp³-hybridized carbons (Fsp3) is 0.238. The van der Waals surface area contributed by atoms with Gasteiger partial charge >= 0.3 is 0 Å². The van der Waals surface area contributed by atoms with Gasteiger partial charge in [-0.15, -0.1) is 0 Å². The van der Waals surface area contributed by atoms with Crippen LogP contribution in [0, 0.1) is 0 Å². The van der Waals surface area contributed by atoms with Gasteiger partial charge in [0.2, 0.25) is 0 Å². The van der Waals surface area contributed by atoms with Crippen molar-refractivity contribution in [3.63, 3.8) is 0 Å². The van der Waals surface area contributed by atoms with E-state index in [1.165, 1.54) is 4.90 Å². The van der Waals surface area contributed by atoms with E-state index >= 15 is 0 Å². The molecule has 0 aromatic heterocycles. The molecule has 0 saturated heterocycles. The summed E-state index contributed by atoms with van der Waals surface area (Å²) >= 11 is 0. The van der Waals surface area contributed by atoms with Crippen LogP contribution < -0.4 is 0 Å². The Labute approximate surface area is 153 Å². The summed E-state index contributed by atoms with van der Waals surface area (Å²) in [4.78, 5) is 29.1. The highest BCUT2D eigenvalue weighted by Gasteiger charge is 2.40. The molecular weight excluding hydrogens is 328 g/mol. The fourth-order valence-corrected chi connectivity index (χ4v) is 3.10. The summed E-state index contributed by atoms with van der Waals surface area (Å²) in [5.74, 6) is -0.544. The number of imide groups is 1. The lowest BCUT2D eigenvalue weighted by atomic mass is 10.0. The first-order chi connectivity index (χ1) is 12.6. The van der Waals surface area contributed by atoms with E-state index in [2.05, 4.69) is 0 Å². The van der Waals surface area contributed by atoms with Crippen LogP contribution in [0.25, 0.3) is 5.57 Å². The SMILES string of the molecule is COCCN1C(=O)C(c2ccccc2)=C(N(C)Cc2ccccc2)C1=O. The summed E-state index contributed by atoms with van der Waals surface area (Å²) in [6.07, 6.45) is 0. The number of methoxy groups -OCH3 is 1. The third kappa shape index (κ3) is 3.53. The lowest BCUT2D eigenvalue weighted by molar-refractivity contribution is -0.138.